The summed E-state index contributed by atoms with van der Waals surface area (Å²) in [6.45, 7) is 0. The summed E-state index contributed by atoms with van der Waals surface area (Å²) in [4.78, 5) is 18.6. The van der Waals surface area contributed by atoms with Gasteiger partial charge in [0.1, 0.15) is 11.6 Å². The van der Waals surface area contributed by atoms with Crippen LogP contribution in [0.5, 0.6) is 5.75 Å². The number of nitrogens with one attached hydrogen (secondary N) is 1. The minimum Gasteiger partial charge on any atom is -0.497 e. The maximum absolute atomic E-state index is 13.9. The molecule has 0 spiro atoms. The number of H-pyrrole nitrogens is 1. The summed E-state index contributed by atoms with van der Waals surface area (Å²) in [6.07, 6.45) is 1.56. The molecule has 2 heterocycles. The predicted octanol–water partition coefficient (Wildman–Crippen LogP) is 1.86. The van der Waals surface area contributed by atoms with E-state index in [0.717, 1.165) is 0 Å². The topological polar surface area (TPSA) is 59.9 Å². The molecule has 6 heteroatoms. The molecule has 0 radical (unpaired) electrons. The van der Waals surface area contributed by atoms with Gasteiger partial charge in [-0.1, -0.05) is 0 Å². The second-order valence-electron chi connectivity index (χ2n) is 3.95. The van der Waals surface area contributed by atoms with Crippen molar-refractivity contribution in [2.24, 2.45) is 0 Å². The number of halogens is 1. The highest BCUT2D eigenvalue weighted by Gasteiger charge is 2.13. The monoisotopic (exact) mass is 259 g/mol. The Bertz CT molecular complexity index is 807. The lowest BCUT2D eigenvalue weighted by Gasteiger charge is -2.07. The molecule has 0 bridgehead atoms. The summed E-state index contributed by atoms with van der Waals surface area (Å²) in [6, 6.07) is 7.60. The minimum atomic E-state index is -0.507. The van der Waals surface area contributed by atoms with Crippen LogP contribution in [0.3, 0.4) is 0 Å². The number of aromatic amines is 1. The van der Waals surface area contributed by atoms with Crippen LogP contribution in [-0.4, -0.2) is 21.6 Å². The Labute approximate surface area is 107 Å². The third-order valence-corrected chi connectivity index (χ3v) is 2.85. The standard InChI is InChI=1S/C13H10FN3O2/c1-19-8-4-5-9(14)11(7-8)17-10-3-2-6-15-12(10)16-13(17)18/h2-7H,1H3,(H,15,16,18). The van der Waals surface area contributed by atoms with Gasteiger partial charge in [0.2, 0.25) is 0 Å². The normalized spacial score (nSPS) is 10.8. The van der Waals surface area contributed by atoms with Crippen molar-refractivity contribution in [1.29, 1.82) is 0 Å². The van der Waals surface area contributed by atoms with E-state index in [-0.39, 0.29) is 5.69 Å². The highest BCUT2D eigenvalue weighted by molar-refractivity contribution is 5.73. The second kappa shape index (κ2) is 4.24. The van der Waals surface area contributed by atoms with Crippen LogP contribution in [0.4, 0.5) is 4.39 Å². The molecule has 0 aliphatic rings. The van der Waals surface area contributed by atoms with Gasteiger partial charge >= 0.3 is 5.69 Å². The summed E-state index contributed by atoms with van der Waals surface area (Å²) in [7, 11) is 1.48. The van der Waals surface area contributed by atoms with Crippen molar-refractivity contribution in [3.8, 4) is 11.4 Å². The zero-order valence-electron chi connectivity index (χ0n) is 10.1. The Kier molecular flexibility index (Phi) is 2.56. The average Bonchev–Trinajstić information content (AvgIpc) is 2.75. The van der Waals surface area contributed by atoms with E-state index >= 15 is 0 Å². The molecule has 0 aliphatic heterocycles. The lowest BCUT2D eigenvalue weighted by atomic mass is 10.2. The van der Waals surface area contributed by atoms with Crippen LogP contribution in [-0.2, 0) is 0 Å². The largest absolute Gasteiger partial charge is 0.497 e. The number of aromatic nitrogens is 3. The number of hydrogen-bond donors (Lipinski definition) is 1. The molecule has 3 rings (SSSR count). The molecule has 0 amide bonds. The fourth-order valence-corrected chi connectivity index (χ4v) is 1.97. The SMILES string of the molecule is COc1ccc(F)c(-n2c(=O)[nH]c3ncccc32)c1. The summed E-state index contributed by atoms with van der Waals surface area (Å²) in [5, 5.41) is 0. The van der Waals surface area contributed by atoms with E-state index in [1.807, 2.05) is 0 Å². The summed E-state index contributed by atoms with van der Waals surface area (Å²) in [5.74, 6) is -0.0332. The molecule has 96 valence electrons. The maximum atomic E-state index is 13.9. The van der Waals surface area contributed by atoms with Gasteiger partial charge in [-0.15, -0.1) is 0 Å². The Morgan fingerprint density at radius 1 is 1.37 bits per heavy atom. The number of methoxy groups -OCH3 is 1. The van der Waals surface area contributed by atoms with Gasteiger partial charge in [0.05, 0.1) is 18.3 Å². The van der Waals surface area contributed by atoms with E-state index in [0.29, 0.717) is 16.9 Å². The Balaban J connectivity index is 2.36. The second-order valence-corrected chi connectivity index (χ2v) is 3.95. The summed E-state index contributed by atoms with van der Waals surface area (Å²) in [5.41, 5.74) is 0.610. The molecule has 1 N–H and O–H groups in total. The number of benzene rings is 1. The number of ether oxygens (including phenoxy) is 1. The van der Waals surface area contributed by atoms with E-state index < -0.39 is 11.5 Å². The van der Waals surface area contributed by atoms with Crippen LogP contribution in [0.25, 0.3) is 16.9 Å². The highest BCUT2D eigenvalue weighted by Crippen LogP contribution is 2.21. The third kappa shape index (κ3) is 1.77. The van der Waals surface area contributed by atoms with Crippen molar-refractivity contribution >= 4 is 11.2 Å². The number of nitrogens with zero attached hydrogens (tertiary/aromatic N) is 2. The van der Waals surface area contributed by atoms with Gasteiger partial charge in [-0.05, 0) is 24.3 Å². The summed E-state index contributed by atoms with van der Waals surface area (Å²) >= 11 is 0. The fraction of sp³-hybridized carbons (Fsp3) is 0.0769. The molecule has 0 atom stereocenters. The van der Waals surface area contributed by atoms with E-state index in [1.165, 1.54) is 29.9 Å². The lowest BCUT2D eigenvalue weighted by Crippen LogP contribution is -2.15. The van der Waals surface area contributed by atoms with E-state index in [4.69, 9.17) is 4.74 Å². The average molecular weight is 259 g/mol. The van der Waals surface area contributed by atoms with Gasteiger partial charge in [-0.3, -0.25) is 9.55 Å². The third-order valence-electron chi connectivity index (χ3n) is 2.85. The summed E-state index contributed by atoms with van der Waals surface area (Å²) < 4.78 is 20.2. The molecule has 0 fully saturated rings. The van der Waals surface area contributed by atoms with E-state index in [2.05, 4.69) is 9.97 Å². The van der Waals surface area contributed by atoms with Crippen molar-refractivity contribution < 1.29 is 9.13 Å². The van der Waals surface area contributed by atoms with Gasteiger partial charge < -0.3 is 4.74 Å². The number of imidazole rings is 1. The van der Waals surface area contributed by atoms with Crippen LogP contribution in [0.15, 0.2) is 41.3 Å². The highest BCUT2D eigenvalue weighted by atomic mass is 19.1. The first kappa shape index (κ1) is 11.5. The van der Waals surface area contributed by atoms with Crippen LogP contribution in [0.1, 0.15) is 0 Å². The minimum absolute atomic E-state index is 0.128. The smallest absolute Gasteiger partial charge is 0.332 e. The zero-order chi connectivity index (χ0) is 13.4. The molecule has 3 aromatic rings. The molecular formula is C13H10FN3O2. The molecule has 1 aromatic carbocycles. The van der Waals surface area contributed by atoms with Gasteiger partial charge in [-0.2, -0.15) is 0 Å². The Morgan fingerprint density at radius 3 is 3.00 bits per heavy atom. The number of hydrogen-bond acceptors (Lipinski definition) is 3. The quantitative estimate of drug-likeness (QED) is 0.764. The molecule has 0 saturated carbocycles. The van der Waals surface area contributed by atoms with Gasteiger partial charge in [0.15, 0.2) is 5.65 Å². The fourth-order valence-electron chi connectivity index (χ4n) is 1.97. The van der Waals surface area contributed by atoms with Gasteiger partial charge in [-0.25, -0.2) is 14.2 Å². The molecule has 0 unspecified atom stereocenters. The first-order chi connectivity index (χ1) is 9.20. The first-order valence-corrected chi connectivity index (χ1v) is 5.60. The number of pyridine rings is 1. The van der Waals surface area contributed by atoms with Crippen LogP contribution >= 0.6 is 0 Å². The molecule has 2 aromatic heterocycles. The van der Waals surface area contributed by atoms with Gasteiger partial charge in [0, 0.05) is 12.3 Å². The van der Waals surface area contributed by atoms with Gasteiger partial charge in [0.25, 0.3) is 0 Å². The predicted molar refractivity (Wildman–Crippen MR) is 68.2 cm³/mol. The Morgan fingerprint density at radius 2 is 2.21 bits per heavy atom. The maximum Gasteiger partial charge on any atom is 0.332 e. The van der Waals surface area contributed by atoms with Crippen LogP contribution in [0.2, 0.25) is 0 Å². The number of fused-ring (bicyclic) bond motifs is 1. The first-order valence-electron chi connectivity index (χ1n) is 5.60. The zero-order valence-corrected chi connectivity index (χ0v) is 10.1. The number of rotatable bonds is 2. The van der Waals surface area contributed by atoms with E-state index in [9.17, 15) is 9.18 Å². The van der Waals surface area contributed by atoms with Crippen molar-refractivity contribution in [2.75, 3.05) is 7.11 Å². The van der Waals surface area contributed by atoms with Crippen LogP contribution in [0, 0.1) is 5.82 Å². The van der Waals surface area contributed by atoms with Crippen molar-refractivity contribution in [2.45, 2.75) is 0 Å². The molecule has 0 saturated heterocycles. The van der Waals surface area contributed by atoms with Crippen molar-refractivity contribution in [3.63, 3.8) is 0 Å². The molecule has 5 nitrogen and oxygen atoms in total. The molecule has 0 aliphatic carbocycles. The molecule has 19 heavy (non-hydrogen) atoms. The lowest BCUT2D eigenvalue weighted by molar-refractivity contribution is 0.413. The van der Waals surface area contributed by atoms with Crippen LogP contribution < -0.4 is 10.4 Å². The van der Waals surface area contributed by atoms with E-state index in [1.54, 1.807) is 18.3 Å². The Hall–Kier alpha value is -2.63. The molecular weight excluding hydrogens is 249 g/mol. The van der Waals surface area contributed by atoms with Crippen molar-refractivity contribution in [1.82, 2.24) is 14.5 Å². The van der Waals surface area contributed by atoms with Crippen molar-refractivity contribution in [3.05, 3.63) is 52.8 Å².